The fourth-order valence-corrected chi connectivity index (χ4v) is 3.28. The van der Waals surface area contributed by atoms with E-state index in [-0.39, 0.29) is 36.6 Å². The van der Waals surface area contributed by atoms with Crippen LogP contribution in [-0.2, 0) is 9.53 Å². The van der Waals surface area contributed by atoms with Crippen LogP contribution in [0.2, 0.25) is 0 Å². The largest absolute Gasteiger partial charge is 0.573 e. The van der Waals surface area contributed by atoms with Crippen LogP contribution in [0.1, 0.15) is 54.4 Å². The zero-order valence-corrected chi connectivity index (χ0v) is 19.8. The molecule has 0 bridgehead atoms. The number of rotatable bonds is 6. The lowest BCUT2D eigenvalue weighted by Crippen LogP contribution is -2.54. The molecule has 0 unspecified atom stereocenters. The Balaban J connectivity index is 1.92. The van der Waals surface area contributed by atoms with E-state index in [0.717, 1.165) is 6.07 Å². The van der Waals surface area contributed by atoms with Crippen molar-refractivity contribution in [3.8, 4) is 11.6 Å². The van der Waals surface area contributed by atoms with E-state index in [1.54, 1.807) is 39.5 Å². The lowest BCUT2D eigenvalue weighted by molar-refractivity contribution is -0.275. The molecule has 2 heterocycles. The van der Waals surface area contributed by atoms with Crippen LogP contribution < -0.4 is 14.8 Å². The summed E-state index contributed by atoms with van der Waals surface area (Å²) in [5.41, 5.74) is -1.65. The van der Waals surface area contributed by atoms with Gasteiger partial charge in [0, 0.05) is 24.8 Å². The number of aromatic nitrogens is 1. The number of alkyl halides is 3. The average molecular weight is 476 g/mol. The summed E-state index contributed by atoms with van der Waals surface area (Å²) in [6, 6.07) is 2.08. The average Bonchev–Trinajstić information content (AvgIpc) is 2.64. The van der Waals surface area contributed by atoms with E-state index in [4.69, 9.17) is 9.47 Å². The summed E-state index contributed by atoms with van der Waals surface area (Å²) in [6.07, 6.45) is -2.91. The minimum absolute atomic E-state index is 0.131. The molecule has 1 fully saturated rings. The number of carbonyl (C=O) groups excluding carboxylic acids is 2. The van der Waals surface area contributed by atoms with E-state index < -0.39 is 23.1 Å². The zero-order chi connectivity index (χ0) is 25.0. The Morgan fingerprint density at radius 3 is 2.45 bits per heavy atom. The van der Waals surface area contributed by atoms with Gasteiger partial charge in [-0.15, -0.1) is 13.2 Å². The Bertz CT molecular complexity index is 839. The van der Waals surface area contributed by atoms with Crippen LogP contribution in [0.4, 0.5) is 18.0 Å². The quantitative estimate of drug-likeness (QED) is 0.660. The van der Waals surface area contributed by atoms with E-state index in [9.17, 15) is 22.8 Å². The minimum Gasteiger partial charge on any atom is -0.474 e. The summed E-state index contributed by atoms with van der Waals surface area (Å²) in [4.78, 5) is 30.6. The van der Waals surface area contributed by atoms with Gasteiger partial charge in [0.1, 0.15) is 12.2 Å². The van der Waals surface area contributed by atoms with Crippen molar-refractivity contribution in [1.82, 2.24) is 15.2 Å². The molecule has 0 aliphatic carbocycles. The maximum atomic E-state index is 12.8. The second-order valence-electron chi connectivity index (χ2n) is 9.74. The number of hydrogen-bond acceptors (Lipinski definition) is 6. The Hall–Kier alpha value is -2.72. The number of nitrogens with one attached hydrogen (secondary N) is 1. The van der Waals surface area contributed by atoms with Gasteiger partial charge >= 0.3 is 12.5 Å². The standard InChI is InChI=1S/C22H32F3N3O5/c1-14-12-15(9-11-28(14)19(30)33-20(2,3)4)27-18(29)21(5,6)13-31-17-16(8-7-10-26-17)32-22(23,24)25/h7-8,10,14-15H,9,11-13H2,1-6H3,(H,27,29)/t14-,15-/m1/s1. The van der Waals surface area contributed by atoms with Gasteiger partial charge < -0.3 is 24.4 Å². The highest BCUT2D eigenvalue weighted by atomic mass is 19.4. The first-order valence-corrected chi connectivity index (χ1v) is 10.7. The SMILES string of the molecule is C[C@@H]1C[C@H](NC(=O)C(C)(C)COc2ncccc2OC(F)(F)F)CCN1C(=O)OC(C)(C)C. The van der Waals surface area contributed by atoms with Gasteiger partial charge in [-0.05, 0) is 66.5 Å². The third kappa shape index (κ3) is 8.29. The molecule has 1 N–H and O–H groups in total. The molecule has 1 aromatic rings. The summed E-state index contributed by atoms with van der Waals surface area (Å²) in [7, 11) is 0. The Morgan fingerprint density at radius 2 is 1.88 bits per heavy atom. The Morgan fingerprint density at radius 1 is 1.21 bits per heavy atom. The number of hydrogen-bond donors (Lipinski definition) is 1. The first-order chi connectivity index (χ1) is 15.1. The molecule has 11 heteroatoms. The summed E-state index contributed by atoms with van der Waals surface area (Å²) >= 11 is 0. The van der Waals surface area contributed by atoms with Gasteiger partial charge in [-0.1, -0.05) is 0 Å². The molecule has 1 aliphatic heterocycles. The van der Waals surface area contributed by atoms with Crippen LogP contribution in [0.5, 0.6) is 11.6 Å². The lowest BCUT2D eigenvalue weighted by atomic mass is 9.91. The van der Waals surface area contributed by atoms with Gasteiger partial charge in [0.05, 0.1) is 5.41 Å². The van der Waals surface area contributed by atoms with Crippen LogP contribution >= 0.6 is 0 Å². The number of pyridine rings is 1. The highest BCUT2D eigenvalue weighted by Crippen LogP contribution is 2.31. The van der Waals surface area contributed by atoms with Crippen molar-refractivity contribution in [2.75, 3.05) is 13.2 Å². The third-order valence-electron chi connectivity index (χ3n) is 4.99. The molecule has 0 aromatic carbocycles. The molecule has 8 nitrogen and oxygen atoms in total. The number of ether oxygens (including phenoxy) is 3. The molecule has 1 aromatic heterocycles. The Kier molecular flexibility index (Phi) is 8.08. The number of nitrogens with zero attached hydrogens (tertiary/aromatic N) is 2. The highest BCUT2D eigenvalue weighted by Gasteiger charge is 2.36. The molecule has 2 amide bonds. The van der Waals surface area contributed by atoms with Crippen molar-refractivity contribution in [3.05, 3.63) is 18.3 Å². The predicted octanol–water partition coefficient (Wildman–Crippen LogP) is 4.29. The molecule has 1 saturated heterocycles. The second kappa shape index (κ2) is 10.0. The lowest BCUT2D eigenvalue weighted by Gasteiger charge is -2.39. The topological polar surface area (TPSA) is 90.0 Å². The van der Waals surface area contributed by atoms with Crippen molar-refractivity contribution in [1.29, 1.82) is 0 Å². The van der Waals surface area contributed by atoms with Gasteiger partial charge in [0.15, 0.2) is 5.75 Å². The fourth-order valence-electron chi connectivity index (χ4n) is 3.28. The van der Waals surface area contributed by atoms with Crippen LogP contribution in [-0.4, -0.2) is 59.1 Å². The highest BCUT2D eigenvalue weighted by molar-refractivity contribution is 5.82. The number of amides is 2. The summed E-state index contributed by atoms with van der Waals surface area (Å²) in [5, 5.41) is 2.96. The first-order valence-electron chi connectivity index (χ1n) is 10.7. The van der Waals surface area contributed by atoms with E-state index in [0.29, 0.717) is 19.4 Å². The van der Waals surface area contributed by atoms with Gasteiger partial charge in [0.25, 0.3) is 5.88 Å². The monoisotopic (exact) mass is 475 g/mol. The van der Waals surface area contributed by atoms with Crippen LogP contribution in [0.3, 0.4) is 0 Å². The molecular weight excluding hydrogens is 443 g/mol. The maximum Gasteiger partial charge on any atom is 0.573 e. The molecule has 0 radical (unpaired) electrons. The van der Waals surface area contributed by atoms with Crippen LogP contribution in [0.25, 0.3) is 0 Å². The zero-order valence-electron chi connectivity index (χ0n) is 19.8. The molecule has 0 saturated carbocycles. The van der Waals surface area contributed by atoms with Gasteiger partial charge in [-0.25, -0.2) is 9.78 Å². The fraction of sp³-hybridized carbons (Fsp3) is 0.682. The van der Waals surface area contributed by atoms with Crippen molar-refractivity contribution >= 4 is 12.0 Å². The Labute approximate surface area is 191 Å². The van der Waals surface area contributed by atoms with Gasteiger partial charge in [0.2, 0.25) is 5.91 Å². The second-order valence-corrected chi connectivity index (χ2v) is 9.74. The van der Waals surface area contributed by atoms with Crippen molar-refractivity contribution in [3.63, 3.8) is 0 Å². The molecule has 2 atom stereocenters. The summed E-state index contributed by atoms with van der Waals surface area (Å²) in [5.74, 6) is -1.25. The molecule has 1 aliphatic rings. The van der Waals surface area contributed by atoms with E-state index in [1.165, 1.54) is 12.3 Å². The number of halogens is 3. The van der Waals surface area contributed by atoms with Crippen LogP contribution in [0.15, 0.2) is 18.3 Å². The van der Waals surface area contributed by atoms with Crippen molar-refractivity contribution in [2.45, 2.75) is 78.4 Å². The minimum atomic E-state index is -4.89. The summed E-state index contributed by atoms with van der Waals surface area (Å²) in [6.45, 7) is 10.8. The molecular formula is C22H32F3N3O5. The van der Waals surface area contributed by atoms with E-state index in [1.807, 2.05) is 6.92 Å². The van der Waals surface area contributed by atoms with E-state index >= 15 is 0 Å². The molecule has 0 spiro atoms. The number of likely N-dealkylation sites (tertiary alicyclic amines) is 1. The maximum absolute atomic E-state index is 12.8. The number of carbonyl (C=O) groups is 2. The molecule has 33 heavy (non-hydrogen) atoms. The van der Waals surface area contributed by atoms with Gasteiger partial charge in [-0.3, -0.25) is 4.79 Å². The van der Waals surface area contributed by atoms with Crippen molar-refractivity contribution in [2.24, 2.45) is 5.41 Å². The smallest absolute Gasteiger partial charge is 0.474 e. The van der Waals surface area contributed by atoms with E-state index in [2.05, 4.69) is 15.0 Å². The number of piperidine rings is 1. The molecule has 186 valence electrons. The first kappa shape index (κ1) is 26.5. The normalized spacial score (nSPS) is 19.6. The van der Waals surface area contributed by atoms with Crippen LogP contribution in [0, 0.1) is 5.41 Å². The van der Waals surface area contributed by atoms with Crippen molar-refractivity contribution < 1.29 is 37.0 Å². The van der Waals surface area contributed by atoms with Gasteiger partial charge in [-0.2, -0.15) is 0 Å². The molecule has 2 rings (SSSR count). The predicted molar refractivity (Wildman–Crippen MR) is 114 cm³/mol. The summed E-state index contributed by atoms with van der Waals surface area (Å²) < 4.78 is 52.5. The third-order valence-corrected chi connectivity index (χ3v) is 4.99.